The van der Waals surface area contributed by atoms with E-state index in [4.69, 9.17) is 10.5 Å². The lowest BCUT2D eigenvalue weighted by atomic mass is 10.0. The molecule has 1 aromatic heterocycles. The number of phenolic OH excluding ortho intramolecular Hbond substituents is 1. The van der Waals surface area contributed by atoms with Crippen molar-refractivity contribution in [2.24, 2.45) is 5.73 Å². The van der Waals surface area contributed by atoms with Crippen LogP contribution < -0.4 is 10.5 Å². The largest absolute Gasteiger partial charge is 0.507 e. The minimum atomic E-state index is -0.515. The summed E-state index contributed by atoms with van der Waals surface area (Å²) in [5.41, 5.74) is 9.94. The first kappa shape index (κ1) is 23.5. The van der Waals surface area contributed by atoms with Crippen LogP contribution in [0.3, 0.4) is 0 Å². The van der Waals surface area contributed by atoms with Gasteiger partial charge in [-0.05, 0) is 60.9 Å². The molecule has 0 saturated heterocycles. The molecule has 0 aliphatic carbocycles. The van der Waals surface area contributed by atoms with Crippen LogP contribution in [0.4, 0.5) is 0 Å². The number of benzene rings is 4. The molecule has 182 valence electrons. The summed E-state index contributed by atoms with van der Waals surface area (Å²) < 4.78 is 8.37. The van der Waals surface area contributed by atoms with E-state index in [2.05, 4.69) is 17.6 Å². The molecule has 4 aromatic carbocycles. The molecule has 0 aliphatic rings. The number of aryl methyl sites for hydroxylation is 1. The van der Waals surface area contributed by atoms with Crippen molar-refractivity contribution in [1.29, 1.82) is 0 Å². The summed E-state index contributed by atoms with van der Waals surface area (Å²) in [6, 6.07) is 27.1. The third kappa shape index (κ3) is 4.52. The Balaban J connectivity index is 1.68. The van der Waals surface area contributed by atoms with Gasteiger partial charge in [0.25, 0.3) is 0 Å². The Morgan fingerprint density at radius 3 is 2.44 bits per heavy atom. The maximum Gasteiger partial charge on any atom is 0.249 e. The van der Waals surface area contributed by atoms with Gasteiger partial charge in [0.15, 0.2) is 0 Å². The average molecular weight is 479 g/mol. The fraction of sp³-hybridized carbons (Fsp3) is 0.194. The second kappa shape index (κ2) is 10.2. The van der Waals surface area contributed by atoms with Gasteiger partial charge in [0, 0.05) is 16.5 Å². The van der Waals surface area contributed by atoms with Gasteiger partial charge in [0.2, 0.25) is 5.91 Å². The normalized spacial score (nSPS) is 11.2. The van der Waals surface area contributed by atoms with E-state index in [0.29, 0.717) is 22.9 Å². The van der Waals surface area contributed by atoms with E-state index in [1.165, 1.54) is 0 Å². The van der Waals surface area contributed by atoms with Gasteiger partial charge >= 0.3 is 0 Å². The highest BCUT2D eigenvalue weighted by atomic mass is 16.5. The summed E-state index contributed by atoms with van der Waals surface area (Å²) >= 11 is 0. The molecule has 36 heavy (non-hydrogen) atoms. The average Bonchev–Trinajstić information content (AvgIpc) is 3.20. The van der Waals surface area contributed by atoms with Gasteiger partial charge in [0.05, 0.1) is 23.0 Å². The van der Waals surface area contributed by atoms with Gasteiger partial charge in [-0.2, -0.15) is 0 Å². The number of ether oxygens (including phenoxy) is 1. The molecule has 5 aromatic rings. The molecule has 0 unspecified atom stereocenters. The van der Waals surface area contributed by atoms with Crippen LogP contribution in [0.1, 0.15) is 47.7 Å². The van der Waals surface area contributed by atoms with E-state index in [1.54, 1.807) is 6.07 Å². The van der Waals surface area contributed by atoms with Crippen molar-refractivity contribution < 1.29 is 14.6 Å². The monoisotopic (exact) mass is 478 g/mol. The first-order valence-corrected chi connectivity index (χ1v) is 12.4. The van der Waals surface area contributed by atoms with Gasteiger partial charge in [-0.25, -0.2) is 0 Å². The number of phenols is 1. The highest BCUT2D eigenvalue weighted by Crippen LogP contribution is 2.39. The second-order valence-electron chi connectivity index (χ2n) is 9.14. The molecule has 5 rings (SSSR count). The Morgan fingerprint density at radius 1 is 0.889 bits per heavy atom. The molecule has 0 atom stereocenters. The number of rotatable bonds is 9. The number of aromatic nitrogens is 1. The van der Waals surface area contributed by atoms with E-state index in [1.807, 2.05) is 72.8 Å². The van der Waals surface area contributed by atoms with E-state index in [9.17, 15) is 9.90 Å². The zero-order valence-electron chi connectivity index (χ0n) is 20.4. The Morgan fingerprint density at radius 2 is 1.67 bits per heavy atom. The fourth-order valence-electron chi connectivity index (χ4n) is 4.91. The summed E-state index contributed by atoms with van der Waals surface area (Å²) in [5, 5.41) is 12.5. The number of primary amides is 1. The van der Waals surface area contributed by atoms with Crippen LogP contribution in [0.15, 0.2) is 84.9 Å². The molecular formula is C31H30N2O3. The summed E-state index contributed by atoms with van der Waals surface area (Å²) in [4.78, 5) is 12.3. The number of carbonyl (C=O) groups is 1. The van der Waals surface area contributed by atoms with Gasteiger partial charge in [-0.1, -0.05) is 62.2 Å². The highest BCUT2D eigenvalue weighted by Gasteiger charge is 2.20. The smallest absolute Gasteiger partial charge is 0.249 e. The zero-order valence-corrected chi connectivity index (χ0v) is 20.4. The van der Waals surface area contributed by atoms with Crippen molar-refractivity contribution >= 4 is 27.7 Å². The number of hydrogen-bond donors (Lipinski definition) is 2. The van der Waals surface area contributed by atoms with E-state index in [-0.39, 0.29) is 5.75 Å². The molecule has 0 spiro atoms. The number of nitrogens with two attached hydrogens (primary N) is 1. The summed E-state index contributed by atoms with van der Waals surface area (Å²) in [5.74, 6) is 1.18. The van der Waals surface area contributed by atoms with Gasteiger partial charge < -0.3 is 20.1 Å². The van der Waals surface area contributed by atoms with Gasteiger partial charge in [-0.3, -0.25) is 4.79 Å². The van der Waals surface area contributed by atoms with Crippen LogP contribution in [0, 0.1) is 0 Å². The predicted octanol–water partition coefficient (Wildman–Crippen LogP) is 7.17. The second-order valence-corrected chi connectivity index (χ2v) is 9.14. The highest BCUT2D eigenvalue weighted by molar-refractivity contribution is 6.19. The lowest BCUT2D eigenvalue weighted by molar-refractivity contribution is 0.100. The predicted molar refractivity (Wildman–Crippen MR) is 145 cm³/mol. The molecule has 5 heteroatoms. The van der Waals surface area contributed by atoms with E-state index in [0.717, 1.165) is 59.3 Å². The molecule has 1 heterocycles. The van der Waals surface area contributed by atoms with Crippen molar-refractivity contribution in [3.8, 4) is 17.2 Å². The fourth-order valence-corrected chi connectivity index (χ4v) is 4.91. The number of para-hydroxylation sites is 2. The van der Waals surface area contributed by atoms with Crippen LogP contribution in [0.25, 0.3) is 21.8 Å². The molecule has 0 bridgehead atoms. The molecule has 0 fully saturated rings. The standard InChI is InChI=1S/C31H30N2O3/c1-2-3-5-11-21-18-26-30(27(34)19-21)29-24(31(32)35)15-10-16-25(29)33(26)20-22-12-8-9-17-28(22)36-23-13-6-4-7-14-23/h4,6-10,12-19,34H,2-3,5,11,20H2,1H3,(H2,32,35). The van der Waals surface area contributed by atoms with Crippen molar-refractivity contribution in [3.05, 3.63) is 102 Å². The minimum Gasteiger partial charge on any atom is -0.507 e. The molecular weight excluding hydrogens is 448 g/mol. The lowest BCUT2D eigenvalue weighted by Gasteiger charge is -2.14. The SMILES string of the molecule is CCCCCc1cc(O)c2c3c(C(N)=O)cccc3n(Cc3ccccc3Oc3ccccc3)c2c1. The topological polar surface area (TPSA) is 77.5 Å². The molecule has 5 nitrogen and oxygen atoms in total. The minimum absolute atomic E-state index is 0.172. The quantitative estimate of drug-likeness (QED) is 0.220. The number of aromatic hydroxyl groups is 1. The first-order chi connectivity index (χ1) is 17.6. The van der Waals surface area contributed by atoms with Crippen molar-refractivity contribution in [1.82, 2.24) is 4.57 Å². The van der Waals surface area contributed by atoms with Gasteiger partial charge in [-0.15, -0.1) is 0 Å². The number of nitrogens with zero attached hydrogens (tertiary/aromatic N) is 1. The zero-order chi connectivity index (χ0) is 25.1. The van der Waals surface area contributed by atoms with Crippen molar-refractivity contribution in [2.45, 2.75) is 39.2 Å². The molecule has 0 aliphatic heterocycles. The Labute approximate surface area is 210 Å². The number of amides is 1. The number of fused-ring (bicyclic) bond motifs is 3. The van der Waals surface area contributed by atoms with Crippen LogP contribution in [-0.2, 0) is 13.0 Å². The van der Waals surface area contributed by atoms with Crippen molar-refractivity contribution in [3.63, 3.8) is 0 Å². The maximum absolute atomic E-state index is 12.3. The van der Waals surface area contributed by atoms with Crippen LogP contribution >= 0.6 is 0 Å². The summed E-state index contributed by atoms with van der Waals surface area (Å²) in [7, 11) is 0. The lowest BCUT2D eigenvalue weighted by Crippen LogP contribution is -2.11. The summed E-state index contributed by atoms with van der Waals surface area (Å²) in [6.07, 6.45) is 4.21. The molecule has 0 saturated carbocycles. The third-order valence-corrected chi connectivity index (χ3v) is 6.64. The molecule has 0 radical (unpaired) electrons. The van der Waals surface area contributed by atoms with E-state index >= 15 is 0 Å². The molecule has 3 N–H and O–H groups in total. The number of hydrogen-bond acceptors (Lipinski definition) is 3. The molecule has 1 amide bonds. The Hall–Kier alpha value is -4.25. The Kier molecular flexibility index (Phi) is 6.63. The first-order valence-electron chi connectivity index (χ1n) is 12.4. The number of unbranched alkanes of at least 4 members (excludes halogenated alkanes) is 2. The van der Waals surface area contributed by atoms with Crippen LogP contribution in [0.5, 0.6) is 17.2 Å². The Bertz CT molecular complexity index is 1540. The van der Waals surface area contributed by atoms with Crippen molar-refractivity contribution in [2.75, 3.05) is 0 Å². The maximum atomic E-state index is 12.3. The summed E-state index contributed by atoms with van der Waals surface area (Å²) in [6.45, 7) is 2.68. The van der Waals surface area contributed by atoms with Crippen LogP contribution in [0.2, 0.25) is 0 Å². The van der Waals surface area contributed by atoms with E-state index < -0.39 is 5.91 Å². The van der Waals surface area contributed by atoms with Crippen LogP contribution in [-0.4, -0.2) is 15.6 Å². The third-order valence-electron chi connectivity index (χ3n) is 6.64. The van der Waals surface area contributed by atoms with Gasteiger partial charge in [0.1, 0.15) is 17.2 Å². The number of carbonyl (C=O) groups excluding carboxylic acids is 1.